The minimum atomic E-state index is -1.34. The van der Waals surface area contributed by atoms with Crippen molar-refractivity contribution in [1.82, 2.24) is 55.1 Å². The number of ether oxygens (including phenoxy) is 2. The first-order valence-electron chi connectivity index (χ1n) is 30.7. The number of halogens is 5. The molecule has 37 heteroatoms. The summed E-state index contributed by atoms with van der Waals surface area (Å²) in [5.74, 6) is -5.43. The summed E-state index contributed by atoms with van der Waals surface area (Å²) >= 11 is 9.54. The normalized spacial score (nSPS) is 15.8. The van der Waals surface area contributed by atoms with Crippen molar-refractivity contribution in [2.75, 3.05) is 27.3 Å². The average Bonchev–Trinajstić information content (AvgIpc) is 1.64. The number of aromatic nitrogens is 6. The van der Waals surface area contributed by atoms with Crippen molar-refractivity contribution in [1.29, 1.82) is 0 Å². The van der Waals surface area contributed by atoms with E-state index in [1.165, 1.54) is 24.0 Å². The number of hydrogen-bond acceptors (Lipinski definition) is 22. The Morgan fingerprint density at radius 1 is 0.585 bits per heavy atom. The Morgan fingerprint density at radius 2 is 0.936 bits per heavy atom. The van der Waals surface area contributed by atoms with Gasteiger partial charge in [0.25, 0.3) is 5.89 Å². The molecule has 10 N–H and O–H groups in total. The van der Waals surface area contributed by atoms with Gasteiger partial charge in [0, 0.05) is 94.6 Å². The zero-order chi connectivity index (χ0) is 73.3. The zero-order valence-corrected chi connectivity index (χ0v) is 70.2. The van der Waals surface area contributed by atoms with Crippen LogP contribution in [0, 0.1) is 29.6 Å². The SMILES string of the molecule is CC.CC.CC.CCn1nc(C(=O)C(N)C(C)C)oc1=O.CCn1nc(C(O)C(N)C(C)C)oc1=O.CCn1nc(C(O)C(NC(=O)C2CCCN2C(=O)C(NC(=O)OC)C(C)C)C(C)C)oc1=O.COC(=O)NC(C(=O)N1CCCC1C(=O)O)C(C)C.II.I[I-]I.[V]. The van der Waals surface area contributed by atoms with Crippen LogP contribution in [-0.4, -0.2) is 166 Å². The number of carboxylic acids is 1. The van der Waals surface area contributed by atoms with E-state index in [-0.39, 0.29) is 84.2 Å². The van der Waals surface area contributed by atoms with E-state index in [0.29, 0.717) is 65.1 Å². The number of amides is 5. The van der Waals surface area contributed by atoms with Crippen molar-refractivity contribution in [2.45, 2.75) is 231 Å². The largest absolute Gasteiger partial charge is 0 e. The van der Waals surface area contributed by atoms with Gasteiger partial charge in [0.15, 0.2) is 6.10 Å². The molecule has 5 rings (SSSR count). The molecule has 3 aromatic rings. The van der Waals surface area contributed by atoms with Crippen molar-refractivity contribution in [3.05, 3.63) is 49.3 Å². The van der Waals surface area contributed by atoms with Crippen LogP contribution >= 0.6 is 74.5 Å². The van der Waals surface area contributed by atoms with Gasteiger partial charge >= 0.3 is 85.9 Å². The van der Waals surface area contributed by atoms with E-state index >= 15 is 0 Å². The van der Waals surface area contributed by atoms with Crippen molar-refractivity contribution >= 4 is 116 Å². The van der Waals surface area contributed by atoms with Gasteiger partial charge in [-0.25, -0.2) is 28.8 Å². The number of Topliss-reactive ketones (excluding diaryl/α,β-unsaturated/α-hetero) is 1. The smallest absolute Gasteiger partial charge is 0 e. The maximum atomic E-state index is 13.2. The number of aliphatic hydroxyl groups is 2. The van der Waals surface area contributed by atoms with Gasteiger partial charge in [0.1, 0.15) is 30.3 Å². The van der Waals surface area contributed by atoms with Gasteiger partial charge in [-0.15, -0.1) is 15.3 Å². The summed E-state index contributed by atoms with van der Waals surface area (Å²) in [5.41, 5.74) is 11.4. The third kappa shape index (κ3) is 33.7. The second-order valence-corrected chi connectivity index (χ2v) is 37.4. The van der Waals surface area contributed by atoms with Crippen LogP contribution in [0.25, 0.3) is 0 Å². The van der Waals surface area contributed by atoms with E-state index < -0.39 is 102 Å². The molecule has 2 aliphatic rings. The Kier molecular flexibility index (Phi) is 58.1. The Hall–Kier alpha value is -3.02. The molecule has 9 atom stereocenters. The Balaban J connectivity index is -0.000000373. The summed E-state index contributed by atoms with van der Waals surface area (Å²) in [6.07, 6.45) is -1.62. The number of likely N-dealkylation sites (tertiary alicyclic amines) is 2. The summed E-state index contributed by atoms with van der Waals surface area (Å²) in [7, 11) is 2.43. The van der Waals surface area contributed by atoms with Gasteiger partial charge in [0.05, 0.1) is 26.3 Å². The Morgan fingerprint density at radius 3 is 1.24 bits per heavy atom. The molecule has 9 unspecified atom stereocenters. The first kappa shape index (κ1) is 99.6. The molecule has 547 valence electrons. The molecule has 2 aliphatic heterocycles. The predicted octanol–water partition coefficient (Wildman–Crippen LogP) is 4.36. The third-order valence-electron chi connectivity index (χ3n) is 13.4. The Bertz CT molecular complexity index is 2800. The van der Waals surface area contributed by atoms with E-state index in [2.05, 4.69) is 115 Å². The number of carbonyl (C=O) groups is 7. The van der Waals surface area contributed by atoms with Crippen LogP contribution in [0.4, 0.5) is 9.59 Å². The molecule has 0 spiro atoms. The number of aliphatic carboxylic acids is 1. The third-order valence-corrected chi connectivity index (χ3v) is 13.4. The van der Waals surface area contributed by atoms with Crippen LogP contribution in [0.3, 0.4) is 0 Å². The van der Waals surface area contributed by atoms with Crippen LogP contribution < -0.4 is 57.9 Å². The average molecular weight is 1950 g/mol. The number of ketones is 1. The molecule has 5 amide bonds. The van der Waals surface area contributed by atoms with E-state index in [1.54, 1.807) is 62.3 Å². The number of carbonyl (C=O) groups excluding carboxylic acids is 6. The van der Waals surface area contributed by atoms with Crippen molar-refractivity contribution in [3.8, 4) is 0 Å². The van der Waals surface area contributed by atoms with Gasteiger partial charge in [0.2, 0.25) is 35.3 Å². The standard InChI is InChI=1S/C21H35N5O7.C12H20N2O5.C9H17N3O3.C9H15N3O3.3C2H6.I3.I2.V/c1-7-26-21(31)33-18(24-26)16(27)14(11(2)3)22-17(28)13-9-8-10-25(13)19(29)15(12(4)5)23-20(30)32-6;1-7(2)9(13-12(18)19-3)10(15)14-6-4-5-8(14)11(16)17;2*1-4-12-9(14)15-8(11-12)7(13)6(10)5(2)3;3*1-2;1-3-2;1-2;/h11-16,27H,7-10H2,1-6H3,(H,22,28)(H,23,30);7-9H,4-6H2,1-3H3,(H,13,18)(H,16,17);5-7,13H,4,10H2,1-3H3;5-6H,4,10H2,1-3H3;3*1-2H3;;;/q;;;;;;;-1;;. The van der Waals surface area contributed by atoms with Crippen LogP contribution in [0.1, 0.15) is 192 Å². The first-order valence-corrected chi connectivity index (χ1v) is 49.6. The maximum absolute atomic E-state index is 13.2. The molecular formula is C57H105I5N13O18V-. The first-order chi connectivity index (χ1) is 43.7. The molecular weight excluding hydrogens is 1840 g/mol. The molecule has 5 heterocycles. The maximum Gasteiger partial charge on any atom is 0 e. The monoisotopic (exact) mass is 1950 g/mol. The molecule has 2 saturated heterocycles. The number of hydrogen-bond donors (Lipinski definition) is 8. The summed E-state index contributed by atoms with van der Waals surface area (Å²) in [6, 6.07) is -5.15. The fourth-order valence-electron chi connectivity index (χ4n) is 8.23. The van der Waals surface area contributed by atoms with Crippen molar-refractivity contribution in [2.24, 2.45) is 41.1 Å². The Labute approximate surface area is 617 Å². The molecule has 2 fully saturated rings. The molecule has 31 nitrogen and oxygen atoms in total. The van der Waals surface area contributed by atoms with Gasteiger partial charge in [-0.1, -0.05) is 111 Å². The van der Waals surface area contributed by atoms with Gasteiger partial charge in [-0.2, -0.15) is 14.0 Å². The van der Waals surface area contributed by atoms with Crippen LogP contribution in [0.2, 0.25) is 0 Å². The number of nitrogens with zero attached hydrogens (tertiary/aromatic N) is 8. The van der Waals surface area contributed by atoms with E-state index in [4.69, 9.17) is 29.8 Å². The summed E-state index contributed by atoms with van der Waals surface area (Å²) < 4.78 is 27.0. The number of nitrogens with one attached hydrogen (secondary N) is 3. The molecule has 0 bridgehead atoms. The predicted molar refractivity (Wildman–Crippen MR) is 382 cm³/mol. The molecule has 0 aliphatic carbocycles. The number of methoxy groups -OCH3 is 2. The fourth-order valence-corrected chi connectivity index (χ4v) is 8.23. The van der Waals surface area contributed by atoms with E-state index in [9.17, 15) is 58.2 Å². The number of aryl methyl sites for hydroxylation is 3. The number of aliphatic hydroxyl groups excluding tert-OH is 2. The zero-order valence-electron chi connectivity index (χ0n) is 58.0. The number of nitrogens with two attached hydrogens (primary N) is 2. The van der Waals surface area contributed by atoms with E-state index in [0.717, 1.165) is 14.0 Å². The second-order valence-electron chi connectivity index (χ2n) is 21.1. The summed E-state index contributed by atoms with van der Waals surface area (Å²) in [5, 5.41) is 49.0. The fraction of sp³-hybridized carbons (Fsp3) is 0.772. The molecule has 3 aromatic heterocycles. The van der Waals surface area contributed by atoms with Gasteiger partial charge in [-0.3, -0.25) is 19.2 Å². The topological polar surface area (TPSA) is 437 Å². The number of carboxylic acid groups (broad SMARTS) is 1. The number of alkyl carbamates (subject to hydrolysis) is 2. The van der Waals surface area contributed by atoms with Gasteiger partial charge < -0.3 is 75.3 Å². The van der Waals surface area contributed by atoms with E-state index in [1.807, 2.05) is 69.2 Å². The quantitative estimate of drug-likeness (QED) is 0.0542. The second kappa shape index (κ2) is 54.8. The molecule has 0 aromatic carbocycles. The summed E-state index contributed by atoms with van der Waals surface area (Å²) in [6.45, 7) is 37.2. The van der Waals surface area contributed by atoms with Crippen LogP contribution in [-0.2, 0) is 66.8 Å². The van der Waals surface area contributed by atoms with Crippen molar-refractivity contribution in [3.63, 3.8) is 0 Å². The van der Waals surface area contributed by atoms with Crippen LogP contribution in [0.5, 0.6) is 0 Å². The molecule has 0 saturated carbocycles. The van der Waals surface area contributed by atoms with Gasteiger partial charge in [-0.05, 0) is 76.0 Å². The number of rotatable bonds is 21. The van der Waals surface area contributed by atoms with Crippen molar-refractivity contribution < 1.29 is 103 Å². The molecule has 94 heavy (non-hydrogen) atoms. The summed E-state index contributed by atoms with van der Waals surface area (Å²) in [4.78, 5) is 121. The molecule has 1 radical (unpaired) electrons. The van der Waals surface area contributed by atoms with Crippen LogP contribution in [0.15, 0.2) is 27.6 Å². The minimum Gasteiger partial charge on any atom is 0 e. The minimum absolute atomic E-state index is 0.